The number of rotatable bonds is 4. The zero-order chi connectivity index (χ0) is 14.6. The molecule has 0 aromatic heterocycles. The van der Waals surface area contributed by atoms with E-state index in [2.05, 4.69) is 39.0 Å². The van der Waals surface area contributed by atoms with Crippen molar-refractivity contribution in [1.29, 1.82) is 5.26 Å². The third-order valence-corrected chi connectivity index (χ3v) is 3.29. The van der Waals surface area contributed by atoms with Crippen LogP contribution in [0.2, 0.25) is 0 Å². The van der Waals surface area contributed by atoms with E-state index in [1.165, 1.54) is 5.56 Å². The molecule has 0 fully saturated rings. The molecular formula is C16H21NO2. The molecule has 0 radical (unpaired) electrons. The number of hydrogen-bond acceptors (Lipinski definition) is 2. The average molecular weight is 259 g/mol. The van der Waals surface area contributed by atoms with Crippen molar-refractivity contribution in [3.63, 3.8) is 0 Å². The normalized spacial score (nSPS) is 12.8. The smallest absolute Gasteiger partial charge is 0.304 e. The number of nitriles is 1. The summed E-state index contributed by atoms with van der Waals surface area (Å²) < 4.78 is 0. The van der Waals surface area contributed by atoms with Crippen LogP contribution in [0, 0.1) is 24.2 Å². The highest BCUT2D eigenvalue weighted by atomic mass is 16.4. The highest BCUT2D eigenvalue weighted by Crippen LogP contribution is 2.26. The second kappa shape index (κ2) is 5.88. The molecule has 0 heterocycles. The van der Waals surface area contributed by atoms with Crippen molar-refractivity contribution in [2.24, 2.45) is 5.92 Å². The van der Waals surface area contributed by atoms with Gasteiger partial charge in [0, 0.05) is 0 Å². The van der Waals surface area contributed by atoms with Crippen LogP contribution in [-0.4, -0.2) is 11.1 Å². The first-order chi connectivity index (χ1) is 8.74. The predicted octanol–water partition coefficient (Wildman–Crippen LogP) is 3.45. The van der Waals surface area contributed by atoms with Crippen LogP contribution in [0.5, 0.6) is 0 Å². The van der Waals surface area contributed by atoms with Crippen molar-refractivity contribution in [1.82, 2.24) is 0 Å². The van der Waals surface area contributed by atoms with Crippen molar-refractivity contribution in [2.45, 2.75) is 46.0 Å². The van der Waals surface area contributed by atoms with Crippen molar-refractivity contribution in [3.8, 4) is 6.07 Å². The van der Waals surface area contributed by atoms with Crippen molar-refractivity contribution in [2.75, 3.05) is 0 Å². The second-order valence-electron chi connectivity index (χ2n) is 6.02. The van der Waals surface area contributed by atoms with Gasteiger partial charge in [-0.1, -0.05) is 39.0 Å². The quantitative estimate of drug-likeness (QED) is 0.900. The zero-order valence-corrected chi connectivity index (χ0v) is 12.0. The summed E-state index contributed by atoms with van der Waals surface area (Å²) in [4.78, 5) is 10.7. The Morgan fingerprint density at radius 3 is 2.53 bits per heavy atom. The van der Waals surface area contributed by atoms with Gasteiger partial charge in [0.1, 0.15) is 0 Å². The number of aryl methyl sites for hydroxylation is 1. The molecule has 1 aromatic carbocycles. The molecule has 1 atom stereocenters. The topological polar surface area (TPSA) is 61.1 Å². The van der Waals surface area contributed by atoms with Crippen molar-refractivity contribution >= 4 is 5.97 Å². The van der Waals surface area contributed by atoms with Gasteiger partial charge in [0.15, 0.2) is 0 Å². The fourth-order valence-electron chi connectivity index (χ4n) is 2.00. The Morgan fingerprint density at radius 2 is 2.05 bits per heavy atom. The summed E-state index contributed by atoms with van der Waals surface area (Å²) in [6.45, 7) is 8.42. The molecule has 3 nitrogen and oxygen atoms in total. The van der Waals surface area contributed by atoms with Crippen LogP contribution in [0.4, 0.5) is 0 Å². The Kier molecular flexibility index (Phi) is 4.72. The molecule has 0 aliphatic heterocycles. The molecule has 102 valence electrons. The number of carboxylic acids is 1. The summed E-state index contributed by atoms with van der Waals surface area (Å²) in [5.74, 6) is -1.39. The summed E-state index contributed by atoms with van der Waals surface area (Å²) in [5, 5.41) is 17.8. The lowest BCUT2D eigenvalue weighted by Gasteiger charge is -2.21. The summed E-state index contributed by atoms with van der Waals surface area (Å²) in [7, 11) is 0. The molecular weight excluding hydrogens is 238 g/mol. The van der Waals surface area contributed by atoms with Crippen LogP contribution in [0.1, 0.15) is 43.9 Å². The molecule has 0 aliphatic carbocycles. The summed E-state index contributed by atoms with van der Waals surface area (Å²) in [6, 6.07) is 8.33. The van der Waals surface area contributed by atoms with Gasteiger partial charge in [0.05, 0.1) is 18.4 Å². The first kappa shape index (κ1) is 15.2. The van der Waals surface area contributed by atoms with Gasteiger partial charge >= 0.3 is 5.97 Å². The van der Waals surface area contributed by atoms with Gasteiger partial charge in [-0.3, -0.25) is 4.79 Å². The number of nitrogens with zero attached hydrogens (tertiary/aromatic N) is 1. The van der Waals surface area contributed by atoms with Gasteiger partial charge in [-0.15, -0.1) is 0 Å². The van der Waals surface area contributed by atoms with E-state index in [0.717, 1.165) is 11.1 Å². The van der Waals surface area contributed by atoms with Crippen LogP contribution in [0.3, 0.4) is 0 Å². The van der Waals surface area contributed by atoms with Crippen LogP contribution < -0.4 is 0 Å². The standard InChI is InChI=1S/C16H21NO2/c1-11-5-6-14(16(2,3)4)9-13(11)7-12(10-17)8-15(18)19/h5-6,9,12H,7-8H2,1-4H3,(H,18,19). The van der Waals surface area contributed by atoms with Gasteiger partial charge in [-0.05, 0) is 35.4 Å². The SMILES string of the molecule is Cc1ccc(C(C)(C)C)cc1CC(C#N)CC(=O)O. The van der Waals surface area contributed by atoms with Crippen LogP contribution >= 0.6 is 0 Å². The zero-order valence-electron chi connectivity index (χ0n) is 12.0. The maximum atomic E-state index is 10.7. The molecule has 0 spiro atoms. The predicted molar refractivity (Wildman–Crippen MR) is 74.9 cm³/mol. The summed E-state index contributed by atoms with van der Waals surface area (Å²) in [5.41, 5.74) is 3.44. The minimum Gasteiger partial charge on any atom is -0.481 e. The molecule has 0 saturated heterocycles. The van der Waals surface area contributed by atoms with E-state index in [0.29, 0.717) is 6.42 Å². The van der Waals surface area contributed by atoms with Gasteiger partial charge in [0.2, 0.25) is 0 Å². The number of benzene rings is 1. The Balaban J connectivity index is 3.00. The Morgan fingerprint density at radius 1 is 1.42 bits per heavy atom. The molecule has 1 rings (SSSR count). The lowest BCUT2D eigenvalue weighted by molar-refractivity contribution is -0.137. The lowest BCUT2D eigenvalue weighted by Crippen LogP contribution is -2.14. The Hall–Kier alpha value is -1.82. The Labute approximate surface area is 114 Å². The van der Waals surface area contributed by atoms with E-state index in [1.54, 1.807) is 0 Å². The third kappa shape index (κ3) is 4.40. The van der Waals surface area contributed by atoms with Crippen LogP contribution in [0.25, 0.3) is 0 Å². The van der Waals surface area contributed by atoms with E-state index < -0.39 is 11.9 Å². The van der Waals surface area contributed by atoms with E-state index in [1.807, 2.05) is 13.0 Å². The fraction of sp³-hybridized carbons (Fsp3) is 0.500. The number of carbonyl (C=O) groups is 1. The second-order valence-corrected chi connectivity index (χ2v) is 6.02. The van der Waals surface area contributed by atoms with E-state index in [4.69, 9.17) is 10.4 Å². The van der Waals surface area contributed by atoms with Gasteiger partial charge in [-0.2, -0.15) is 5.26 Å². The minimum atomic E-state index is -0.920. The maximum Gasteiger partial charge on any atom is 0.304 e. The molecule has 0 amide bonds. The van der Waals surface area contributed by atoms with Gasteiger partial charge in [-0.25, -0.2) is 0 Å². The molecule has 1 aromatic rings. The molecule has 0 aliphatic rings. The maximum absolute atomic E-state index is 10.7. The molecule has 3 heteroatoms. The van der Waals surface area contributed by atoms with Crippen LogP contribution in [-0.2, 0) is 16.6 Å². The molecule has 0 bridgehead atoms. The van der Waals surface area contributed by atoms with Crippen molar-refractivity contribution in [3.05, 3.63) is 34.9 Å². The molecule has 1 N–H and O–H groups in total. The summed E-state index contributed by atoms with van der Waals surface area (Å²) in [6.07, 6.45) is 0.397. The largest absolute Gasteiger partial charge is 0.481 e. The minimum absolute atomic E-state index is 0.0530. The highest BCUT2D eigenvalue weighted by molar-refractivity contribution is 5.67. The number of hydrogen-bond donors (Lipinski definition) is 1. The fourth-order valence-corrected chi connectivity index (χ4v) is 2.00. The van der Waals surface area contributed by atoms with Gasteiger partial charge < -0.3 is 5.11 Å². The first-order valence-electron chi connectivity index (χ1n) is 6.45. The van der Waals surface area contributed by atoms with Crippen LogP contribution in [0.15, 0.2) is 18.2 Å². The number of carboxylic acid groups (broad SMARTS) is 1. The number of aliphatic carboxylic acids is 1. The summed E-state index contributed by atoms with van der Waals surface area (Å²) >= 11 is 0. The third-order valence-electron chi connectivity index (χ3n) is 3.29. The van der Waals surface area contributed by atoms with E-state index >= 15 is 0 Å². The van der Waals surface area contributed by atoms with Crippen molar-refractivity contribution < 1.29 is 9.90 Å². The molecule has 0 saturated carbocycles. The van der Waals surface area contributed by atoms with E-state index in [9.17, 15) is 4.79 Å². The van der Waals surface area contributed by atoms with Gasteiger partial charge in [0.25, 0.3) is 0 Å². The monoisotopic (exact) mass is 259 g/mol. The lowest BCUT2D eigenvalue weighted by atomic mass is 9.83. The molecule has 19 heavy (non-hydrogen) atoms. The molecule has 1 unspecified atom stereocenters. The van der Waals surface area contributed by atoms with E-state index in [-0.39, 0.29) is 11.8 Å². The highest BCUT2D eigenvalue weighted by Gasteiger charge is 2.18. The first-order valence-corrected chi connectivity index (χ1v) is 6.45. The Bertz CT molecular complexity index is 506. The average Bonchev–Trinajstić information content (AvgIpc) is 2.28.